The van der Waals surface area contributed by atoms with Crippen molar-refractivity contribution in [2.75, 3.05) is 6.61 Å². The molecular weight excluding hydrogens is 323 g/mol. The molecule has 0 radical (unpaired) electrons. The Balaban J connectivity index is 2.00. The van der Waals surface area contributed by atoms with E-state index in [0.717, 1.165) is 18.6 Å². The van der Waals surface area contributed by atoms with Crippen LogP contribution in [0.1, 0.15) is 30.1 Å². The van der Waals surface area contributed by atoms with E-state index in [1.165, 1.54) is 6.07 Å². The van der Waals surface area contributed by atoms with Crippen molar-refractivity contribution in [2.24, 2.45) is 0 Å². The molecule has 0 spiro atoms. The van der Waals surface area contributed by atoms with Crippen LogP contribution in [0.4, 0.5) is 0 Å². The Bertz CT molecular complexity index is 639. The lowest BCUT2D eigenvalue weighted by Gasteiger charge is -2.08. The lowest BCUT2D eigenvalue weighted by atomic mass is 10.2. The van der Waals surface area contributed by atoms with Gasteiger partial charge in [0.1, 0.15) is 11.5 Å². The van der Waals surface area contributed by atoms with Gasteiger partial charge in [0.05, 0.1) is 17.2 Å². The van der Waals surface area contributed by atoms with Gasteiger partial charge in [0.2, 0.25) is 0 Å². The Morgan fingerprint density at radius 2 is 1.82 bits per heavy atom. The van der Waals surface area contributed by atoms with E-state index in [9.17, 15) is 4.79 Å². The lowest BCUT2D eigenvalue weighted by molar-refractivity contribution is 0.0735. The van der Waals surface area contributed by atoms with Crippen molar-refractivity contribution < 1.29 is 14.3 Å². The molecule has 0 aromatic heterocycles. The third kappa shape index (κ3) is 4.65. The molecule has 0 aliphatic heterocycles. The Hall–Kier alpha value is -1.71. The third-order valence-corrected chi connectivity index (χ3v) is 3.48. The first-order valence-electron chi connectivity index (χ1n) is 7.00. The van der Waals surface area contributed by atoms with E-state index in [1.54, 1.807) is 36.4 Å². The molecule has 2 rings (SSSR count). The fourth-order valence-corrected chi connectivity index (χ4v) is 2.19. The second-order valence-electron chi connectivity index (χ2n) is 4.69. The van der Waals surface area contributed by atoms with Crippen LogP contribution in [0.2, 0.25) is 10.0 Å². The van der Waals surface area contributed by atoms with Gasteiger partial charge in [-0.05, 0) is 48.9 Å². The SMILES string of the molecule is CCCCOc1ccc(C(=O)Oc2ccc(Cl)cc2Cl)cc1. The Morgan fingerprint density at radius 3 is 2.45 bits per heavy atom. The van der Waals surface area contributed by atoms with Gasteiger partial charge in [0.15, 0.2) is 0 Å². The third-order valence-electron chi connectivity index (χ3n) is 2.95. The van der Waals surface area contributed by atoms with E-state index in [4.69, 9.17) is 32.7 Å². The second-order valence-corrected chi connectivity index (χ2v) is 5.53. The van der Waals surface area contributed by atoms with E-state index < -0.39 is 5.97 Å². The van der Waals surface area contributed by atoms with E-state index in [2.05, 4.69) is 6.92 Å². The van der Waals surface area contributed by atoms with Crippen LogP contribution in [0.25, 0.3) is 0 Å². The molecule has 0 aliphatic carbocycles. The van der Waals surface area contributed by atoms with Gasteiger partial charge in [-0.25, -0.2) is 4.79 Å². The number of benzene rings is 2. The summed E-state index contributed by atoms with van der Waals surface area (Å²) in [5.74, 6) is 0.526. The van der Waals surface area contributed by atoms with Crippen LogP contribution in [0.5, 0.6) is 11.5 Å². The predicted molar refractivity (Wildman–Crippen MR) is 88.3 cm³/mol. The van der Waals surface area contributed by atoms with Gasteiger partial charge in [0.25, 0.3) is 0 Å². The normalized spacial score (nSPS) is 10.3. The Kier molecular flexibility index (Phi) is 6.10. The molecule has 22 heavy (non-hydrogen) atoms. The van der Waals surface area contributed by atoms with Crippen LogP contribution in [-0.4, -0.2) is 12.6 Å². The zero-order valence-electron chi connectivity index (χ0n) is 12.1. The molecule has 0 atom stereocenters. The highest BCUT2D eigenvalue weighted by Crippen LogP contribution is 2.28. The maximum Gasteiger partial charge on any atom is 0.343 e. The van der Waals surface area contributed by atoms with Crippen molar-refractivity contribution in [3.63, 3.8) is 0 Å². The summed E-state index contributed by atoms with van der Waals surface area (Å²) in [6.07, 6.45) is 2.07. The average Bonchev–Trinajstić information content (AvgIpc) is 2.51. The highest BCUT2D eigenvalue weighted by molar-refractivity contribution is 6.35. The summed E-state index contributed by atoms with van der Waals surface area (Å²) in [6.45, 7) is 2.77. The molecule has 0 unspecified atom stereocenters. The molecule has 116 valence electrons. The summed E-state index contributed by atoms with van der Waals surface area (Å²) in [5.41, 5.74) is 0.425. The minimum atomic E-state index is -0.482. The number of carbonyl (C=O) groups excluding carboxylic acids is 1. The molecule has 0 N–H and O–H groups in total. The van der Waals surface area contributed by atoms with Gasteiger partial charge in [-0.3, -0.25) is 0 Å². The van der Waals surface area contributed by atoms with Crippen molar-refractivity contribution in [3.8, 4) is 11.5 Å². The number of carbonyl (C=O) groups is 1. The number of ether oxygens (including phenoxy) is 2. The van der Waals surface area contributed by atoms with Gasteiger partial charge in [-0.15, -0.1) is 0 Å². The summed E-state index contributed by atoms with van der Waals surface area (Å²) < 4.78 is 10.8. The zero-order chi connectivity index (χ0) is 15.9. The highest BCUT2D eigenvalue weighted by Gasteiger charge is 2.11. The van der Waals surface area contributed by atoms with Crippen molar-refractivity contribution in [2.45, 2.75) is 19.8 Å². The molecule has 5 heteroatoms. The van der Waals surface area contributed by atoms with Gasteiger partial charge in [0, 0.05) is 5.02 Å². The van der Waals surface area contributed by atoms with E-state index in [0.29, 0.717) is 22.2 Å². The molecule has 3 nitrogen and oxygen atoms in total. The molecule has 2 aromatic rings. The van der Waals surface area contributed by atoms with Crippen LogP contribution < -0.4 is 9.47 Å². The molecular formula is C17H16Cl2O3. The van der Waals surface area contributed by atoms with Crippen LogP contribution >= 0.6 is 23.2 Å². The smallest absolute Gasteiger partial charge is 0.343 e. The van der Waals surface area contributed by atoms with Gasteiger partial charge in [-0.1, -0.05) is 36.5 Å². The summed E-state index contributed by atoms with van der Waals surface area (Å²) in [4.78, 5) is 12.1. The quantitative estimate of drug-likeness (QED) is 0.402. The van der Waals surface area contributed by atoms with Crippen molar-refractivity contribution in [1.82, 2.24) is 0 Å². The van der Waals surface area contributed by atoms with E-state index in [-0.39, 0.29) is 5.75 Å². The molecule has 0 amide bonds. The van der Waals surface area contributed by atoms with Crippen LogP contribution in [0, 0.1) is 0 Å². The molecule has 0 saturated carbocycles. The largest absolute Gasteiger partial charge is 0.494 e. The first-order chi connectivity index (χ1) is 10.6. The summed E-state index contributed by atoms with van der Waals surface area (Å²) in [7, 11) is 0. The fourth-order valence-electron chi connectivity index (χ4n) is 1.74. The number of esters is 1. The minimum Gasteiger partial charge on any atom is -0.494 e. The van der Waals surface area contributed by atoms with E-state index in [1.807, 2.05) is 0 Å². The first kappa shape index (κ1) is 16.7. The van der Waals surface area contributed by atoms with Crippen molar-refractivity contribution in [1.29, 1.82) is 0 Å². The highest BCUT2D eigenvalue weighted by atomic mass is 35.5. The predicted octanol–water partition coefficient (Wildman–Crippen LogP) is 5.39. The van der Waals surface area contributed by atoms with Crippen LogP contribution in [0.3, 0.4) is 0 Å². The maximum atomic E-state index is 12.1. The average molecular weight is 339 g/mol. The van der Waals surface area contributed by atoms with Crippen LogP contribution in [0.15, 0.2) is 42.5 Å². The molecule has 0 saturated heterocycles. The Morgan fingerprint density at radius 1 is 1.09 bits per heavy atom. The Labute approximate surface area is 139 Å². The summed E-state index contributed by atoms with van der Waals surface area (Å²) in [6, 6.07) is 11.5. The van der Waals surface area contributed by atoms with E-state index >= 15 is 0 Å². The topological polar surface area (TPSA) is 35.5 Å². The monoisotopic (exact) mass is 338 g/mol. The van der Waals surface area contributed by atoms with Gasteiger partial charge in [-0.2, -0.15) is 0 Å². The minimum absolute atomic E-state index is 0.277. The van der Waals surface area contributed by atoms with Crippen molar-refractivity contribution in [3.05, 3.63) is 58.1 Å². The standard InChI is InChI=1S/C17H16Cl2O3/c1-2-3-10-21-14-7-4-12(5-8-14)17(20)22-16-9-6-13(18)11-15(16)19/h4-9,11H,2-3,10H2,1H3. The number of unbranched alkanes of at least 4 members (excludes halogenated alkanes) is 1. The van der Waals surface area contributed by atoms with Crippen LogP contribution in [-0.2, 0) is 0 Å². The number of rotatable bonds is 6. The van der Waals surface area contributed by atoms with Gasteiger partial charge >= 0.3 is 5.97 Å². The molecule has 0 aliphatic rings. The lowest BCUT2D eigenvalue weighted by Crippen LogP contribution is -2.08. The first-order valence-corrected chi connectivity index (χ1v) is 7.76. The molecule has 0 bridgehead atoms. The van der Waals surface area contributed by atoms with Crippen molar-refractivity contribution >= 4 is 29.2 Å². The number of halogens is 2. The fraction of sp³-hybridized carbons (Fsp3) is 0.235. The summed E-state index contributed by atoms with van der Waals surface area (Å²) in [5, 5.41) is 0.777. The molecule has 2 aromatic carbocycles. The zero-order valence-corrected chi connectivity index (χ0v) is 13.7. The number of hydrogen-bond donors (Lipinski definition) is 0. The molecule has 0 heterocycles. The summed E-state index contributed by atoms with van der Waals surface area (Å²) >= 11 is 11.8. The van der Waals surface area contributed by atoms with Gasteiger partial charge < -0.3 is 9.47 Å². The molecule has 0 fully saturated rings. The second kappa shape index (κ2) is 8.06. The number of hydrogen-bond acceptors (Lipinski definition) is 3. The maximum absolute atomic E-state index is 12.1.